The third-order valence-corrected chi connectivity index (χ3v) is 8.42. The number of fused-ring (bicyclic) bond motifs is 1. The van der Waals surface area contributed by atoms with Gasteiger partial charge in [-0.2, -0.15) is 0 Å². The van der Waals surface area contributed by atoms with Crippen molar-refractivity contribution < 1.29 is 18.9 Å². The smallest absolute Gasteiger partial charge is 0.148 e. The SMILES string of the molecule is C=CC(C)(C)CC(C)(C)Oc1cc(OC)c2c(c1)O[C@](Cc1ccccc1)(c1ccc(OC)cc1)C2(C)CCC. The minimum absolute atomic E-state index is 0.0558. The summed E-state index contributed by atoms with van der Waals surface area (Å²) in [5.41, 5.74) is 1.93. The molecular formula is C36H46O4. The molecule has 4 heteroatoms. The Balaban J connectivity index is 1.88. The zero-order chi connectivity index (χ0) is 29.2. The number of methoxy groups -OCH3 is 2. The summed E-state index contributed by atoms with van der Waals surface area (Å²) in [6, 6.07) is 23.0. The van der Waals surface area contributed by atoms with Gasteiger partial charge in [0, 0.05) is 29.5 Å². The molecule has 3 aromatic carbocycles. The molecule has 0 N–H and O–H groups in total. The summed E-state index contributed by atoms with van der Waals surface area (Å²) in [5, 5.41) is 0. The topological polar surface area (TPSA) is 36.9 Å². The molecule has 0 fully saturated rings. The van der Waals surface area contributed by atoms with Crippen LogP contribution in [0, 0.1) is 5.41 Å². The van der Waals surface area contributed by atoms with Crippen LogP contribution in [0.15, 0.2) is 79.4 Å². The lowest BCUT2D eigenvalue weighted by molar-refractivity contribution is 0.0140. The fourth-order valence-electron chi connectivity index (χ4n) is 6.72. The maximum Gasteiger partial charge on any atom is 0.148 e. The van der Waals surface area contributed by atoms with E-state index in [1.165, 1.54) is 5.56 Å². The van der Waals surface area contributed by atoms with E-state index in [2.05, 4.69) is 96.7 Å². The van der Waals surface area contributed by atoms with Gasteiger partial charge in [-0.25, -0.2) is 0 Å². The highest BCUT2D eigenvalue weighted by atomic mass is 16.5. The predicted molar refractivity (Wildman–Crippen MR) is 164 cm³/mol. The molecule has 0 saturated carbocycles. The fourth-order valence-corrected chi connectivity index (χ4v) is 6.72. The van der Waals surface area contributed by atoms with Gasteiger partial charge in [0.15, 0.2) is 0 Å². The van der Waals surface area contributed by atoms with Crippen LogP contribution >= 0.6 is 0 Å². The van der Waals surface area contributed by atoms with Gasteiger partial charge in [-0.15, -0.1) is 6.58 Å². The van der Waals surface area contributed by atoms with E-state index in [-0.39, 0.29) is 10.8 Å². The summed E-state index contributed by atoms with van der Waals surface area (Å²) in [6.07, 6.45) is 5.45. The van der Waals surface area contributed by atoms with Crippen molar-refractivity contribution in [3.05, 3.63) is 96.1 Å². The minimum atomic E-state index is -0.661. The lowest BCUT2D eigenvalue weighted by Gasteiger charge is -2.43. The van der Waals surface area contributed by atoms with Crippen molar-refractivity contribution in [1.29, 1.82) is 0 Å². The van der Waals surface area contributed by atoms with Crippen LogP contribution in [-0.4, -0.2) is 19.8 Å². The van der Waals surface area contributed by atoms with Crippen LogP contribution in [-0.2, 0) is 17.4 Å². The normalized spacial score (nSPS) is 20.4. The lowest BCUT2D eigenvalue weighted by atomic mass is 9.62. The van der Waals surface area contributed by atoms with Crippen LogP contribution in [0.3, 0.4) is 0 Å². The van der Waals surface area contributed by atoms with E-state index in [9.17, 15) is 0 Å². The van der Waals surface area contributed by atoms with Gasteiger partial charge in [0.2, 0.25) is 0 Å². The Kier molecular flexibility index (Phi) is 8.31. The molecule has 4 rings (SSSR count). The van der Waals surface area contributed by atoms with Crippen molar-refractivity contribution >= 4 is 0 Å². The second-order valence-electron chi connectivity index (χ2n) is 12.6. The molecular weight excluding hydrogens is 496 g/mol. The Bertz CT molecular complexity index is 1310. The number of rotatable bonds is 12. The van der Waals surface area contributed by atoms with Crippen molar-refractivity contribution in [3.8, 4) is 23.0 Å². The zero-order valence-electron chi connectivity index (χ0n) is 25.6. The second-order valence-corrected chi connectivity index (χ2v) is 12.6. The maximum absolute atomic E-state index is 7.23. The quantitative estimate of drug-likeness (QED) is 0.214. The molecule has 1 aliphatic heterocycles. The molecule has 0 radical (unpaired) electrons. The summed E-state index contributed by atoms with van der Waals surface area (Å²) >= 11 is 0. The van der Waals surface area contributed by atoms with Gasteiger partial charge in [0.1, 0.15) is 34.2 Å². The van der Waals surface area contributed by atoms with E-state index in [4.69, 9.17) is 18.9 Å². The number of hydrogen-bond acceptors (Lipinski definition) is 4. The van der Waals surface area contributed by atoms with Crippen LogP contribution < -0.4 is 18.9 Å². The largest absolute Gasteiger partial charge is 0.497 e. The molecule has 0 bridgehead atoms. The van der Waals surface area contributed by atoms with E-state index >= 15 is 0 Å². The van der Waals surface area contributed by atoms with E-state index in [0.29, 0.717) is 6.42 Å². The first-order valence-electron chi connectivity index (χ1n) is 14.3. The number of hydrogen-bond donors (Lipinski definition) is 0. The summed E-state index contributed by atoms with van der Waals surface area (Å²) in [4.78, 5) is 0. The number of benzene rings is 3. The first kappa shape index (κ1) is 29.6. The average Bonchev–Trinajstić information content (AvgIpc) is 3.16. The third kappa shape index (κ3) is 5.59. The Morgan fingerprint density at radius 1 is 0.900 bits per heavy atom. The van der Waals surface area contributed by atoms with Gasteiger partial charge in [0.05, 0.1) is 14.2 Å². The third-order valence-electron chi connectivity index (χ3n) is 8.42. The average molecular weight is 543 g/mol. The molecule has 40 heavy (non-hydrogen) atoms. The monoisotopic (exact) mass is 542 g/mol. The molecule has 1 unspecified atom stereocenters. The number of ether oxygens (including phenoxy) is 4. The van der Waals surface area contributed by atoms with Gasteiger partial charge in [-0.1, -0.05) is 82.7 Å². The van der Waals surface area contributed by atoms with Gasteiger partial charge in [0.25, 0.3) is 0 Å². The van der Waals surface area contributed by atoms with Crippen LogP contribution in [0.25, 0.3) is 0 Å². The second kappa shape index (κ2) is 11.2. The molecule has 0 saturated heterocycles. The highest BCUT2D eigenvalue weighted by molar-refractivity contribution is 5.61. The van der Waals surface area contributed by atoms with Crippen molar-refractivity contribution in [2.75, 3.05) is 14.2 Å². The Hall–Kier alpha value is -3.40. The van der Waals surface area contributed by atoms with E-state index in [1.54, 1.807) is 14.2 Å². The maximum atomic E-state index is 7.23. The van der Waals surface area contributed by atoms with E-state index in [1.807, 2.05) is 24.3 Å². The summed E-state index contributed by atoms with van der Waals surface area (Å²) in [7, 11) is 3.43. The van der Waals surface area contributed by atoms with Gasteiger partial charge in [-0.05, 0) is 55.4 Å². The highest BCUT2D eigenvalue weighted by Crippen LogP contribution is 2.61. The molecule has 1 heterocycles. The van der Waals surface area contributed by atoms with Crippen molar-refractivity contribution in [1.82, 2.24) is 0 Å². The van der Waals surface area contributed by atoms with Crippen LogP contribution in [0.5, 0.6) is 23.0 Å². The first-order chi connectivity index (χ1) is 18.9. The van der Waals surface area contributed by atoms with Crippen molar-refractivity contribution in [3.63, 3.8) is 0 Å². The Morgan fingerprint density at radius 3 is 2.15 bits per heavy atom. The van der Waals surface area contributed by atoms with Gasteiger partial charge in [-0.3, -0.25) is 0 Å². The zero-order valence-corrected chi connectivity index (χ0v) is 25.6. The summed E-state index contributed by atoms with van der Waals surface area (Å²) < 4.78 is 25.5. The van der Waals surface area contributed by atoms with Gasteiger partial charge >= 0.3 is 0 Å². The van der Waals surface area contributed by atoms with Crippen LogP contribution in [0.4, 0.5) is 0 Å². The molecule has 0 aliphatic carbocycles. The lowest BCUT2D eigenvalue weighted by Crippen LogP contribution is -2.49. The summed E-state index contributed by atoms with van der Waals surface area (Å²) in [5.74, 6) is 3.18. The molecule has 3 aromatic rings. The van der Waals surface area contributed by atoms with Crippen molar-refractivity contribution in [2.24, 2.45) is 5.41 Å². The first-order valence-corrected chi connectivity index (χ1v) is 14.3. The Morgan fingerprint density at radius 2 is 1.57 bits per heavy atom. The summed E-state index contributed by atoms with van der Waals surface area (Å²) in [6.45, 7) is 17.2. The Labute approximate surface area is 241 Å². The molecule has 1 aliphatic rings. The van der Waals surface area contributed by atoms with Crippen molar-refractivity contribution in [2.45, 2.75) is 83.8 Å². The molecule has 4 nitrogen and oxygen atoms in total. The molecule has 0 amide bonds. The van der Waals surface area contributed by atoms with Crippen LogP contribution in [0.2, 0.25) is 0 Å². The van der Waals surface area contributed by atoms with Crippen LogP contribution in [0.1, 0.15) is 77.5 Å². The highest BCUT2D eigenvalue weighted by Gasteiger charge is 2.59. The van der Waals surface area contributed by atoms with Gasteiger partial charge < -0.3 is 18.9 Å². The molecule has 214 valence electrons. The molecule has 2 atom stereocenters. The molecule has 0 aromatic heterocycles. The standard InChI is InChI=1S/C36H46O4/c1-10-21-35(7)32-30(38-9)22-29(39-34(5,6)25-33(3,4)11-2)23-31(32)40-36(35,24-26-15-13-12-14-16-26)27-17-19-28(37-8)20-18-27/h11-20,22-23H,2,10,21,24-25H2,1,3-9H3/t35?,36-/m1/s1. The van der Waals surface area contributed by atoms with E-state index in [0.717, 1.165) is 53.4 Å². The van der Waals surface area contributed by atoms with E-state index < -0.39 is 11.2 Å². The fraction of sp³-hybridized carbons (Fsp3) is 0.444. The molecule has 0 spiro atoms. The predicted octanol–water partition coefficient (Wildman–Crippen LogP) is 9.05. The minimum Gasteiger partial charge on any atom is -0.497 e. The number of allylic oxidation sites excluding steroid dienone is 1.